The lowest BCUT2D eigenvalue weighted by Crippen LogP contribution is -2.45. The largest absolute Gasteiger partial charge is 0.493 e. The van der Waals surface area contributed by atoms with E-state index < -0.39 is 24.0 Å². The average Bonchev–Trinajstić information content (AvgIpc) is 2.50. The Hall–Kier alpha value is -2.77. The predicted octanol–water partition coefficient (Wildman–Crippen LogP) is 1.08. The monoisotopic (exact) mass is 324 g/mol. The second kappa shape index (κ2) is 8.02. The van der Waals surface area contributed by atoms with Crippen LogP contribution in [0.15, 0.2) is 18.2 Å². The molecular formula is C15H20N2O6. The highest BCUT2D eigenvalue weighted by Crippen LogP contribution is 2.31. The van der Waals surface area contributed by atoms with Crippen molar-refractivity contribution in [3.05, 3.63) is 23.8 Å². The number of hydrogen-bond donors (Lipinski definition) is 2. The Morgan fingerprint density at radius 1 is 1.13 bits per heavy atom. The predicted molar refractivity (Wildman–Crippen MR) is 81.3 cm³/mol. The number of methoxy groups -OCH3 is 2. The van der Waals surface area contributed by atoms with Gasteiger partial charge in [-0.3, -0.25) is 10.1 Å². The minimum absolute atomic E-state index is 0.101. The third kappa shape index (κ3) is 4.60. The van der Waals surface area contributed by atoms with Crippen molar-refractivity contribution in [2.24, 2.45) is 11.7 Å². The molecule has 0 bridgehead atoms. The van der Waals surface area contributed by atoms with Crippen LogP contribution in [0.2, 0.25) is 0 Å². The smallest absolute Gasteiger partial charge is 0.342 e. The molecule has 0 saturated carbocycles. The van der Waals surface area contributed by atoms with Crippen LogP contribution in [0.1, 0.15) is 24.2 Å². The number of esters is 1. The number of hydrogen-bond acceptors (Lipinski definition) is 6. The zero-order valence-corrected chi connectivity index (χ0v) is 13.4. The maximum Gasteiger partial charge on any atom is 0.342 e. The van der Waals surface area contributed by atoms with Crippen LogP contribution < -0.4 is 20.5 Å². The van der Waals surface area contributed by atoms with E-state index in [4.69, 9.17) is 19.9 Å². The summed E-state index contributed by atoms with van der Waals surface area (Å²) in [6, 6.07) is 3.67. The molecule has 1 rings (SSSR count). The quantitative estimate of drug-likeness (QED) is 0.756. The molecule has 0 fully saturated rings. The Bertz CT molecular complexity index is 600. The van der Waals surface area contributed by atoms with Crippen molar-refractivity contribution >= 4 is 17.9 Å². The highest BCUT2D eigenvalue weighted by molar-refractivity contribution is 5.99. The minimum Gasteiger partial charge on any atom is -0.493 e. The van der Waals surface area contributed by atoms with Gasteiger partial charge >= 0.3 is 12.0 Å². The van der Waals surface area contributed by atoms with Gasteiger partial charge in [0.25, 0.3) is 5.91 Å². The molecule has 1 aromatic carbocycles. The zero-order chi connectivity index (χ0) is 17.6. The molecule has 0 unspecified atom stereocenters. The van der Waals surface area contributed by atoms with Gasteiger partial charge in [0.2, 0.25) is 0 Å². The Kier molecular flexibility index (Phi) is 6.37. The summed E-state index contributed by atoms with van der Waals surface area (Å²) < 4.78 is 15.5. The SMILES string of the molecule is COc1cccc(C(=O)O[C@@H](C(=O)NC(N)=O)C(C)C)c1OC. The molecule has 8 heteroatoms. The first-order valence-corrected chi connectivity index (χ1v) is 6.84. The number of urea groups is 1. The lowest BCUT2D eigenvalue weighted by molar-refractivity contribution is -0.130. The van der Waals surface area contributed by atoms with E-state index in [1.54, 1.807) is 26.0 Å². The number of carbonyl (C=O) groups is 3. The summed E-state index contributed by atoms with van der Waals surface area (Å²) >= 11 is 0. The van der Waals surface area contributed by atoms with E-state index in [0.29, 0.717) is 5.75 Å². The lowest BCUT2D eigenvalue weighted by atomic mass is 10.1. The first-order valence-electron chi connectivity index (χ1n) is 6.84. The van der Waals surface area contributed by atoms with Crippen LogP contribution in [0.25, 0.3) is 0 Å². The molecule has 0 aromatic heterocycles. The van der Waals surface area contributed by atoms with Crippen molar-refractivity contribution in [2.75, 3.05) is 14.2 Å². The number of rotatable bonds is 6. The number of carbonyl (C=O) groups excluding carboxylic acids is 3. The van der Waals surface area contributed by atoms with E-state index in [2.05, 4.69) is 0 Å². The maximum atomic E-state index is 12.3. The van der Waals surface area contributed by atoms with Gasteiger partial charge in [-0.05, 0) is 18.1 Å². The van der Waals surface area contributed by atoms with Crippen molar-refractivity contribution < 1.29 is 28.6 Å². The third-order valence-electron chi connectivity index (χ3n) is 2.97. The van der Waals surface area contributed by atoms with Crippen LogP contribution in [-0.4, -0.2) is 38.2 Å². The van der Waals surface area contributed by atoms with E-state index in [0.717, 1.165) is 0 Å². The molecule has 23 heavy (non-hydrogen) atoms. The molecule has 3 amide bonds. The standard InChI is InChI=1S/C15H20N2O6/c1-8(2)11(13(18)17-15(16)20)23-14(19)9-6-5-7-10(21-3)12(9)22-4/h5-8,11H,1-4H3,(H3,16,17,18,20)/t11-/m1/s1. The van der Waals surface area contributed by atoms with Gasteiger partial charge < -0.3 is 19.9 Å². The molecule has 126 valence electrons. The molecule has 1 atom stereocenters. The molecule has 1 aromatic rings. The highest BCUT2D eigenvalue weighted by Gasteiger charge is 2.29. The molecule has 0 aliphatic heterocycles. The van der Waals surface area contributed by atoms with Crippen molar-refractivity contribution in [1.82, 2.24) is 5.32 Å². The first kappa shape index (κ1) is 18.3. The van der Waals surface area contributed by atoms with Crippen molar-refractivity contribution in [1.29, 1.82) is 0 Å². The summed E-state index contributed by atoms with van der Waals surface area (Å²) in [5.41, 5.74) is 5.01. The van der Waals surface area contributed by atoms with Crippen molar-refractivity contribution in [2.45, 2.75) is 20.0 Å². The van der Waals surface area contributed by atoms with Crippen molar-refractivity contribution in [3.63, 3.8) is 0 Å². The van der Waals surface area contributed by atoms with Crippen LogP contribution in [0.5, 0.6) is 11.5 Å². The summed E-state index contributed by atoms with van der Waals surface area (Å²) in [4.78, 5) is 35.0. The van der Waals surface area contributed by atoms with E-state index >= 15 is 0 Å². The lowest BCUT2D eigenvalue weighted by Gasteiger charge is -2.20. The minimum atomic E-state index is -1.18. The number of primary amides is 1. The second-order valence-corrected chi connectivity index (χ2v) is 4.96. The molecule has 8 nitrogen and oxygen atoms in total. The van der Waals surface area contributed by atoms with Gasteiger partial charge in [-0.15, -0.1) is 0 Å². The van der Waals surface area contributed by atoms with Gasteiger partial charge in [-0.1, -0.05) is 19.9 Å². The summed E-state index contributed by atoms with van der Waals surface area (Å²) in [6.07, 6.45) is -1.18. The van der Waals surface area contributed by atoms with E-state index in [-0.39, 0.29) is 17.2 Å². The Morgan fingerprint density at radius 2 is 1.78 bits per heavy atom. The number of benzene rings is 1. The summed E-state index contributed by atoms with van der Waals surface area (Å²) in [5.74, 6) is -1.39. The molecule has 3 N–H and O–H groups in total. The average molecular weight is 324 g/mol. The molecule has 0 radical (unpaired) electrons. The van der Waals surface area contributed by atoms with Crippen LogP contribution >= 0.6 is 0 Å². The Labute approximate surface area is 133 Å². The van der Waals surface area contributed by atoms with Crippen LogP contribution in [-0.2, 0) is 9.53 Å². The summed E-state index contributed by atoms with van der Waals surface area (Å²) in [7, 11) is 2.82. The number of nitrogens with two attached hydrogens (primary N) is 1. The first-order chi connectivity index (χ1) is 10.8. The number of ether oxygens (including phenoxy) is 3. The molecule has 0 aliphatic carbocycles. The number of amides is 3. The summed E-state index contributed by atoms with van der Waals surface area (Å²) in [6.45, 7) is 3.34. The second-order valence-electron chi connectivity index (χ2n) is 4.96. The number of nitrogens with one attached hydrogen (secondary N) is 1. The molecule has 0 spiro atoms. The van der Waals surface area contributed by atoms with Gasteiger partial charge in [-0.25, -0.2) is 9.59 Å². The fraction of sp³-hybridized carbons (Fsp3) is 0.400. The molecule has 0 saturated heterocycles. The third-order valence-corrected chi connectivity index (χ3v) is 2.97. The fourth-order valence-corrected chi connectivity index (χ4v) is 1.91. The Balaban J connectivity index is 3.04. The topological polar surface area (TPSA) is 117 Å². The van der Waals surface area contributed by atoms with Gasteiger partial charge in [0, 0.05) is 0 Å². The van der Waals surface area contributed by atoms with Crippen molar-refractivity contribution in [3.8, 4) is 11.5 Å². The highest BCUT2D eigenvalue weighted by atomic mass is 16.6. The van der Waals surface area contributed by atoms with Gasteiger partial charge in [0.1, 0.15) is 5.56 Å². The molecule has 0 aliphatic rings. The fourth-order valence-electron chi connectivity index (χ4n) is 1.91. The van der Waals surface area contributed by atoms with Crippen LogP contribution in [0, 0.1) is 5.92 Å². The van der Waals surface area contributed by atoms with E-state index in [1.807, 2.05) is 5.32 Å². The maximum absolute atomic E-state index is 12.3. The van der Waals surface area contributed by atoms with E-state index in [9.17, 15) is 14.4 Å². The normalized spacial score (nSPS) is 11.5. The van der Waals surface area contributed by atoms with Gasteiger partial charge in [0.05, 0.1) is 14.2 Å². The van der Waals surface area contributed by atoms with Crippen LogP contribution in [0.4, 0.5) is 4.79 Å². The number of para-hydroxylation sites is 1. The summed E-state index contributed by atoms with van der Waals surface area (Å²) in [5, 5.41) is 1.90. The number of imide groups is 1. The Morgan fingerprint density at radius 3 is 2.26 bits per heavy atom. The van der Waals surface area contributed by atoms with Gasteiger partial charge in [0.15, 0.2) is 17.6 Å². The molecular weight excluding hydrogens is 304 g/mol. The van der Waals surface area contributed by atoms with Crippen LogP contribution in [0.3, 0.4) is 0 Å². The molecule has 0 heterocycles. The van der Waals surface area contributed by atoms with E-state index in [1.165, 1.54) is 20.3 Å². The van der Waals surface area contributed by atoms with Gasteiger partial charge in [-0.2, -0.15) is 0 Å². The zero-order valence-electron chi connectivity index (χ0n) is 13.4.